The largest absolute Gasteiger partial charge is 0.494 e. The van der Waals surface area contributed by atoms with Gasteiger partial charge in [0, 0.05) is 5.33 Å². The van der Waals surface area contributed by atoms with Crippen LogP contribution in [0.25, 0.3) is 0 Å². The number of hydrogen-bond donors (Lipinski definition) is 0. The van der Waals surface area contributed by atoms with Crippen LogP contribution in [0.1, 0.15) is 31.9 Å². The normalized spacial score (nSPS) is 11.6. The molecule has 0 unspecified atom stereocenters. The molecule has 0 radical (unpaired) electrons. The first-order valence-electron chi connectivity index (χ1n) is 5.77. The SMILES string of the molecule is CCOc1ccc(CC(C)(C)CBr)c(C)c1. The fourth-order valence-corrected chi connectivity index (χ4v) is 1.88. The van der Waals surface area contributed by atoms with Gasteiger partial charge in [0.05, 0.1) is 6.61 Å². The highest BCUT2D eigenvalue weighted by molar-refractivity contribution is 9.09. The van der Waals surface area contributed by atoms with Crippen molar-refractivity contribution in [1.29, 1.82) is 0 Å². The van der Waals surface area contributed by atoms with Crippen LogP contribution in [0.5, 0.6) is 5.75 Å². The Kier molecular flexibility index (Phi) is 4.85. The molecule has 0 N–H and O–H groups in total. The number of alkyl halides is 1. The summed E-state index contributed by atoms with van der Waals surface area (Å²) >= 11 is 3.57. The molecule has 0 spiro atoms. The second-order valence-corrected chi connectivity index (χ2v) is 5.56. The topological polar surface area (TPSA) is 9.23 Å². The molecule has 0 atom stereocenters. The maximum Gasteiger partial charge on any atom is 0.119 e. The third-order valence-corrected chi connectivity index (χ3v) is 4.17. The van der Waals surface area contributed by atoms with Crippen molar-refractivity contribution >= 4 is 15.9 Å². The summed E-state index contributed by atoms with van der Waals surface area (Å²) in [5.74, 6) is 0.973. The first-order chi connectivity index (χ1) is 7.48. The van der Waals surface area contributed by atoms with E-state index in [-0.39, 0.29) is 0 Å². The van der Waals surface area contributed by atoms with Crippen LogP contribution in [0.4, 0.5) is 0 Å². The van der Waals surface area contributed by atoms with Crippen molar-refractivity contribution in [3.63, 3.8) is 0 Å². The van der Waals surface area contributed by atoms with Crippen LogP contribution in [-0.4, -0.2) is 11.9 Å². The van der Waals surface area contributed by atoms with E-state index < -0.39 is 0 Å². The van der Waals surface area contributed by atoms with Crippen LogP contribution in [-0.2, 0) is 6.42 Å². The minimum absolute atomic E-state index is 0.303. The van der Waals surface area contributed by atoms with Gasteiger partial charge in [-0.25, -0.2) is 0 Å². The average molecular weight is 285 g/mol. The Hall–Kier alpha value is -0.500. The number of aryl methyl sites for hydroxylation is 1. The third kappa shape index (κ3) is 3.82. The fourth-order valence-electron chi connectivity index (χ4n) is 1.69. The number of rotatable bonds is 5. The van der Waals surface area contributed by atoms with E-state index in [0.29, 0.717) is 5.41 Å². The van der Waals surface area contributed by atoms with Crippen LogP contribution in [0.3, 0.4) is 0 Å². The van der Waals surface area contributed by atoms with E-state index in [9.17, 15) is 0 Å². The Balaban J connectivity index is 2.83. The molecule has 0 heterocycles. The molecule has 0 saturated carbocycles. The summed E-state index contributed by atoms with van der Waals surface area (Å²) in [5, 5.41) is 1.02. The van der Waals surface area contributed by atoms with Gasteiger partial charge in [-0.1, -0.05) is 35.8 Å². The van der Waals surface area contributed by atoms with Crippen molar-refractivity contribution in [2.75, 3.05) is 11.9 Å². The van der Waals surface area contributed by atoms with Gasteiger partial charge in [-0.2, -0.15) is 0 Å². The van der Waals surface area contributed by atoms with Crippen molar-refractivity contribution in [2.45, 2.75) is 34.1 Å². The second-order valence-electron chi connectivity index (χ2n) is 5.00. The Labute approximate surface area is 107 Å². The van der Waals surface area contributed by atoms with E-state index in [2.05, 4.69) is 54.9 Å². The molecule has 1 aromatic carbocycles. The van der Waals surface area contributed by atoms with Gasteiger partial charge >= 0.3 is 0 Å². The smallest absolute Gasteiger partial charge is 0.119 e. The van der Waals surface area contributed by atoms with Gasteiger partial charge in [-0.3, -0.25) is 0 Å². The Morgan fingerprint density at radius 2 is 2.00 bits per heavy atom. The molecule has 2 heteroatoms. The zero-order valence-electron chi connectivity index (χ0n) is 10.6. The molecule has 0 saturated heterocycles. The molecule has 0 amide bonds. The monoisotopic (exact) mass is 284 g/mol. The summed E-state index contributed by atoms with van der Waals surface area (Å²) < 4.78 is 5.49. The van der Waals surface area contributed by atoms with Crippen molar-refractivity contribution in [3.8, 4) is 5.75 Å². The maximum absolute atomic E-state index is 5.49. The van der Waals surface area contributed by atoms with Crippen molar-refractivity contribution in [2.24, 2.45) is 5.41 Å². The van der Waals surface area contributed by atoms with Gasteiger partial charge in [-0.05, 0) is 48.9 Å². The van der Waals surface area contributed by atoms with Crippen LogP contribution < -0.4 is 4.74 Å². The lowest BCUT2D eigenvalue weighted by Gasteiger charge is -2.22. The summed E-state index contributed by atoms with van der Waals surface area (Å²) in [6.07, 6.45) is 1.09. The highest BCUT2D eigenvalue weighted by atomic mass is 79.9. The van der Waals surface area contributed by atoms with Gasteiger partial charge in [0.1, 0.15) is 5.75 Å². The van der Waals surface area contributed by atoms with Gasteiger partial charge in [-0.15, -0.1) is 0 Å². The summed E-state index contributed by atoms with van der Waals surface area (Å²) in [6.45, 7) is 9.44. The molecular formula is C14H21BrO. The number of halogens is 1. The molecule has 0 fully saturated rings. The highest BCUT2D eigenvalue weighted by Crippen LogP contribution is 2.27. The molecule has 16 heavy (non-hydrogen) atoms. The van der Waals surface area contributed by atoms with E-state index in [1.54, 1.807) is 0 Å². The lowest BCUT2D eigenvalue weighted by atomic mass is 9.86. The van der Waals surface area contributed by atoms with E-state index in [4.69, 9.17) is 4.74 Å². The van der Waals surface area contributed by atoms with Gasteiger partial charge in [0.25, 0.3) is 0 Å². The van der Waals surface area contributed by atoms with E-state index >= 15 is 0 Å². The average Bonchev–Trinajstić information content (AvgIpc) is 2.23. The molecule has 1 nitrogen and oxygen atoms in total. The molecule has 0 bridgehead atoms. The number of hydrogen-bond acceptors (Lipinski definition) is 1. The summed E-state index contributed by atoms with van der Waals surface area (Å²) in [6, 6.07) is 6.38. The zero-order valence-corrected chi connectivity index (χ0v) is 12.2. The minimum Gasteiger partial charge on any atom is -0.494 e. The van der Waals surface area contributed by atoms with Crippen LogP contribution in [0.2, 0.25) is 0 Å². The van der Waals surface area contributed by atoms with Gasteiger partial charge in [0.2, 0.25) is 0 Å². The minimum atomic E-state index is 0.303. The van der Waals surface area contributed by atoms with Crippen LogP contribution in [0, 0.1) is 12.3 Å². The molecule has 0 aliphatic carbocycles. The van der Waals surface area contributed by atoms with Crippen molar-refractivity contribution in [1.82, 2.24) is 0 Å². The summed E-state index contributed by atoms with van der Waals surface area (Å²) in [5.41, 5.74) is 3.03. The second kappa shape index (κ2) is 5.72. The lowest BCUT2D eigenvalue weighted by Crippen LogP contribution is -2.17. The molecule has 0 aliphatic rings. The van der Waals surface area contributed by atoms with Crippen molar-refractivity contribution < 1.29 is 4.74 Å². The number of ether oxygens (including phenoxy) is 1. The van der Waals surface area contributed by atoms with Crippen LogP contribution in [0.15, 0.2) is 18.2 Å². The van der Waals surface area contributed by atoms with Gasteiger partial charge in [0.15, 0.2) is 0 Å². The highest BCUT2D eigenvalue weighted by Gasteiger charge is 2.17. The maximum atomic E-state index is 5.49. The predicted molar refractivity (Wildman–Crippen MR) is 73.6 cm³/mol. The van der Waals surface area contributed by atoms with E-state index in [1.807, 2.05) is 6.92 Å². The number of benzene rings is 1. The van der Waals surface area contributed by atoms with Gasteiger partial charge < -0.3 is 4.74 Å². The lowest BCUT2D eigenvalue weighted by molar-refractivity contribution is 0.339. The Morgan fingerprint density at radius 3 is 2.50 bits per heavy atom. The predicted octanol–water partition coefficient (Wildman–Crippen LogP) is 4.36. The van der Waals surface area contributed by atoms with E-state index in [0.717, 1.165) is 24.1 Å². The van der Waals surface area contributed by atoms with Crippen LogP contribution >= 0.6 is 15.9 Å². The van der Waals surface area contributed by atoms with E-state index in [1.165, 1.54) is 11.1 Å². The Morgan fingerprint density at radius 1 is 1.31 bits per heavy atom. The molecule has 0 aromatic heterocycles. The zero-order chi connectivity index (χ0) is 12.2. The van der Waals surface area contributed by atoms with Crippen molar-refractivity contribution in [3.05, 3.63) is 29.3 Å². The molecule has 0 aliphatic heterocycles. The molecule has 1 rings (SSSR count). The first kappa shape index (κ1) is 13.6. The standard InChI is InChI=1S/C14H21BrO/c1-5-16-13-7-6-12(11(2)8-13)9-14(3,4)10-15/h6-8H,5,9-10H2,1-4H3. The fraction of sp³-hybridized carbons (Fsp3) is 0.571. The summed E-state index contributed by atoms with van der Waals surface area (Å²) in [4.78, 5) is 0. The molecule has 1 aromatic rings. The molecule has 90 valence electrons. The summed E-state index contributed by atoms with van der Waals surface area (Å²) in [7, 11) is 0. The Bertz CT molecular complexity index is 345. The quantitative estimate of drug-likeness (QED) is 0.730. The third-order valence-electron chi connectivity index (χ3n) is 2.66. The first-order valence-corrected chi connectivity index (χ1v) is 6.89. The molecular weight excluding hydrogens is 264 g/mol.